The number of rotatable bonds is 7. The molecule has 0 spiro atoms. The Balaban J connectivity index is 1.96. The quantitative estimate of drug-likeness (QED) is 0.640. The molecule has 29 heavy (non-hydrogen) atoms. The molecule has 3 rings (SSSR count). The van der Waals surface area contributed by atoms with Crippen LogP contribution < -0.4 is 15.4 Å². The van der Waals surface area contributed by atoms with Crippen LogP contribution in [-0.2, 0) is 9.59 Å². The number of aliphatic carboxylic acids is 1. The molecule has 7 nitrogen and oxygen atoms in total. The number of benzene rings is 2. The maximum Gasteiger partial charge on any atom is 0.323 e. The van der Waals surface area contributed by atoms with Crippen LogP contribution in [0.15, 0.2) is 54.7 Å². The second-order valence-electron chi connectivity index (χ2n) is 6.64. The van der Waals surface area contributed by atoms with E-state index >= 15 is 0 Å². The van der Waals surface area contributed by atoms with Gasteiger partial charge in [-0.2, -0.15) is 0 Å². The fraction of sp³-hybridized carbons (Fsp3) is 0.182. The van der Waals surface area contributed by atoms with Crippen LogP contribution in [0.3, 0.4) is 0 Å². The molecule has 0 saturated carbocycles. The van der Waals surface area contributed by atoms with Crippen LogP contribution in [0.25, 0.3) is 10.8 Å². The van der Waals surface area contributed by atoms with Gasteiger partial charge in [-0.15, -0.1) is 0 Å². The number of fused-ring (bicyclic) bond motifs is 1. The average molecular weight is 392 g/mol. The molecule has 1 atom stereocenters. The molecule has 0 unspecified atom stereocenters. The third-order valence-electron chi connectivity index (χ3n) is 4.42. The molecule has 3 N–H and O–H groups in total. The number of hydrogen-bond donors (Lipinski definition) is 2. The van der Waals surface area contributed by atoms with E-state index in [0.29, 0.717) is 5.39 Å². The number of carboxylic acid groups (broad SMARTS) is 1. The predicted octanol–water partition coefficient (Wildman–Crippen LogP) is 2.61. The van der Waals surface area contributed by atoms with Crippen molar-refractivity contribution in [2.24, 2.45) is 5.73 Å². The topological polar surface area (TPSA) is 106 Å². The van der Waals surface area contributed by atoms with Gasteiger partial charge in [0.05, 0.1) is 13.2 Å². The van der Waals surface area contributed by atoms with Crippen LogP contribution in [-0.4, -0.2) is 41.7 Å². The molecule has 1 amide bonds. The molecule has 1 radical (unpaired) electrons. The third-order valence-corrected chi connectivity index (χ3v) is 4.42. The summed E-state index contributed by atoms with van der Waals surface area (Å²) < 4.78 is 5.17. The summed E-state index contributed by atoms with van der Waals surface area (Å²) in [6, 6.07) is 14.3. The van der Waals surface area contributed by atoms with Crippen LogP contribution in [0, 0.1) is 6.42 Å². The van der Waals surface area contributed by atoms with Crippen molar-refractivity contribution in [3.05, 3.63) is 72.3 Å². The minimum absolute atomic E-state index is 0.281. The highest BCUT2D eigenvalue weighted by Gasteiger charge is 2.24. The SMILES string of the molecule is COc1ccc([CH]c2ccc3c(N(CC(=O)O)C(=O)[C@H](C)N)nccc3c2)cc1. The first-order valence-electron chi connectivity index (χ1n) is 9.05. The monoisotopic (exact) mass is 392 g/mol. The Labute approximate surface area is 168 Å². The number of hydrogen-bond acceptors (Lipinski definition) is 5. The number of nitrogens with zero attached hydrogens (tertiary/aromatic N) is 2. The third kappa shape index (κ3) is 4.70. The Morgan fingerprint density at radius 2 is 1.86 bits per heavy atom. The second kappa shape index (κ2) is 8.70. The number of pyridine rings is 1. The molecule has 1 heterocycles. The molecule has 0 aliphatic carbocycles. The minimum atomic E-state index is -1.14. The van der Waals surface area contributed by atoms with Gasteiger partial charge in [-0.05, 0) is 41.6 Å². The Morgan fingerprint density at radius 1 is 1.17 bits per heavy atom. The Bertz CT molecular complexity index is 1030. The van der Waals surface area contributed by atoms with Gasteiger partial charge in [0, 0.05) is 18.0 Å². The van der Waals surface area contributed by atoms with E-state index in [4.69, 9.17) is 10.5 Å². The lowest BCUT2D eigenvalue weighted by atomic mass is 10.0. The van der Waals surface area contributed by atoms with Crippen molar-refractivity contribution < 1.29 is 19.4 Å². The Kier molecular flexibility index (Phi) is 6.09. The number of ether oxygens (including phenoxy) is 1. The number of nitrogens with two attached hydrogens (primary N) is 1. The zero-order valence-electron chi connectivity index (χ0n) is 16.2. The number of carboxylic acids is 1. The number of carbonyl (C=O) groups is 2. The van der Waals surface area contributed by atoms with E-state index in [1.807, 2.05) is 55.0 Å². The lowest BCUT2D eigenvalue weighted by Gasteiger charge is -2.23. The highest BCUT2D eigenvalue weighted by Crippen LogP contribution is 2.27. The number of aromatic nitrogens is 1. The van der Waals surface area contributed by atoms with Gasteiger partial charge < -0.3 is 15.6 Å². The maximum atomic E-state index is 12.5. The fourth-order valence-electron chi connectivity index (χ4n) is 3.02. The molecule has 1 aromatic heterocycles. The lowest BCUT2D eigenvalue weighted by molar-refractivity contribution is -0.136. The van der Waals surface area contributed by atoms with Gasteiger partial charge in [0.1, 0.15) is 18.1 Å². The summed E-state index contributed by atoms with van der Waals surface area (Å²) in [5, 5.41) is 10.7. The number of anilines is 1. The van der Waals surface area contributed by atoms with E-state index in [-0.39, 0.29) is 5.82 Å². The number of amides is 1. The molecule has 0 bridgehead atoms. The zero-order chi connectivity index (χ0) is 21.0. The maximum absolute atomic E-state index is 12.5. The van der Waals surface area contributed by atoms with Crippen molar-refractivity contribution in [1.82, 2.24) is 4.98 Å². The molecular weight excluding hydrogens is 370 g/mol. The van der Waals surface area contributed by atoms with Crippen LogP contribution >= 0.6 is 0 Å². The lowest BCUT2D eigenvalue weighted by Crippen LogP contribution is -2.45. The van der Waals surface area contributed by atoms with E-state index in [1.54, 1.807) is 13.3 Å². The first-order valence-corrected chi connectivity index (χ1v) is 9.05. The first kappa shape index (κ1) is 20.3. The molecule has 0 aliphatic heterocycles. The molecule has 3 aromatic rings. The van der Waals surface area contributed by atoms with Crippen molar-refractivity contribution in [2.75, 3.05) is 18.6 Å². The van der Waals surface area contributed by atoms with Gasteiger partial charge in [-0.25, -0.2) is 4.98 Å². The summed E-state index contributed by atoms with van der Waals surface area (Å²) >= 11 is 0. The van der Waals surface area contributed by atoms with Crippen molar-refractivity contribution >= 4 is 28.5 Å². The summed E-state index contributed by atoms with van der Waals surface area (Å²) in [4.78, 5) is 29.1. The van der Waals surface area contributed by atoms with Crippen molar-refractivity contribution in [1.29, 1.82) is 0 Å². The molecule has 0 aliphatic rings. The number of carbonyl (C=O) groups excluding carboxylic acids is 1. The van der Waals surface area contributed by atoms with Gasteiger partial charge in [0.2, 0.25) is 5.91 Å². The van der Waals surface area contributed by atoms with Crippen LogP contribution in [0.2, 0.25) is 0 Å². The Hall–Kier alpha value is -3.45. The highest BCUT2D eigenvalue weighted by molar-refractivity contribution is 6.06. The van der Waals surface area contributed by atoms with E-state index in [2.05, 4.69) is 4.98 Å². The largest absolute Gasteiger partial charge is 0.497 e. The van der Waals surface area contributed by atoms with Gasteiger partial charge in [0.25, 0.3) is 0 Å². The molecular formula is C22H22N3O4. The standard InChI is InChI=1S/C22H22N3O4/c1-14(23)22(28)25(13-20(26)27)21-19-8-5-16(12-17(19)9-10-24-21)11-15-3-6-18(29-2)7-4-15/h3-12,14H,13,23H2,1-2H3,(H,26,27)/t14-/m0/s1. The smallest absolute Gasteiger partial charge is 0.323 e. The zero-order valence-corrected chi connectivity index (χ0v) is 16.2. The van der Waals surface area contributed by atoms with Gasteiger partial charge in [0.15, 0.2) is 0 Å². The Morgan fingerprint density at radius 3 is 2.48 bits per heavy atom. The first-order chi connectivity index (χ1) is 13.9. The molecule has 7 heteroatoms. The second-order valence-corrected chi connectivity index (χ2v) is 6.64. The number of methoxy groups -OCH3 is 1. The van der Waals surface area contributed by atoms with Crippen molar-refractivity contribution in [2.45, 2.75) is 13.0 Å². The van der Waals surface area contributed by atoms with Gasteiger partial charge >= 0.3 is 5.97 Å². The molecule has 0 saturated heterocycles. The summed E-state index contributed by atoms with van der Waals surface area (Å²) in [6.07, 6.45) is 3.57. The van der Waals surface area contributed by atoms with Crippen LogP contribution in [0.1, 0.15) is 18.1 Å². The highest BCUT2D eigenvalue weighted by atomic mass is 16.5. The average Bonchev–Trinajstić information content (AvgIpc) is 2.71. The summed E-state index contributed by atoms with van der Waals surface area (Å²) in [5.74, 6) is -0.569. The summed E-state index contributed by atoms with van der Waals surface area (Å²) in [6.45, 7) is 1.01. The summed E-state index contributed by atoms with van der Waals surface area (Å²) in [5.41, 5.74) is 7.67. The van der Waals surface area contributed by atoms with Gasteiger partial charge in [-0.3, -0.25) is 14.5 Å². The molecule has 2 aromatic carbocycles. The predicted molar refractivity (Wildman–Crippen MR) is 111 cm³/mol. The van der Waals surface area contributed by atoms with E-state index in [9.17, 15) is 14.7 Å². The normalized spacial score (nSPS) is 11.8. The summed E-state index contributed by atoms with van der Waals surface area (Å²) in [7, 11) is 1.62. The van der Waals surface area contributed by atoms with E-state index in [1.165, 1.54) is 6.92 Å². The van der Waals surface area contributed by atoms with E-state index < -0.39 is 24.5 Å². The molecule has 149 valence electrons. The van der Waals surface area contributed by atoms with E-state index in [0.717, 1.165) is 27.2 Å². The van der Waals surface area contributed by atoms with Crippen molar-refractivity contribution in [3.63, 3.8) is 0 Å². The minimum Gasteiger partial charge on any atom is -0.497 e. The van der Waals surface area contributed by atoms with Crippen LogP contribution in [0.4, 0.5) is 5.82 Å². The molecule has 0 fully saturated rings. The van der Waals surface area contributed by atoms with Gasteiger partial charge in [-0.1, -0.05) is 30.3 Å². The van der Waals surface area contributed by atoms with Crippen molar-refractivity contribution in [3.8, 4) is 5.75 Å². The van der Waals surface area contributed by atoms with Crippen LogP contribution in [0.5, 0.6) is 5.75 Å². The fourth-order valence-corrected chi connectivity index (χ4v) is 3.02.